The largest absolute Gasteiger partial charge is 0.495 e. The van der Waals surface area contributed by atoms with Crippen LogP contribution in [0, 0.1) is 0 Å². The zero-order chi connectivity index (χ0) is 15.9. The number of benzene rings is 1. The summed E-state index contributed by atoms with van der Waals surface area (Å²) in [5, 5.41) is 5.29. The Morgan fingerprint density at radius 1 is 1.32 bits per heavy atom. The summed E-state index contributed by atoms with van der Waals surface area (Å²) in [5.74, 6) is -0.768. The van der Waals surface area contributed by atoms with E-state index in [0.717, 1.165) is 25.9 Å². The number of amides is 2. The molecule has 1 aliphatic heterocycles. The number of para-hydroxylation sites is 2. The zero-order valence-electron chi connectivity index (χ0n) is 13.1. The van der Waals surface area contributed by atoms with E-state index >= 15 is 0 Å². The van der Waals surface area contributed by atoms with Crippen molar-refractivity contribution < 1.29 is 14.3 Å². The number of anilines is 1. The van der Waals surface area contributed by atoms with Crippen LogP contribution in [0.2, 0.25) is 0 Å². The summed E-state index contributed by atoms with van der Waals surface area (Å²) in [5.41, 5.74) is 0.487. The molecule has 1 atom stereocenters. The van der Waals surface area contributed by atoms with Gasteiger partial charge in [-0.25, -0.2) is 0 Å². The third-order valence-corrected chi connectivity index (χ3v) is 3.96. The lowest BCUT2D eigenvalue weighted by atomic mass is 10.2. The van der Waals surface area contributed by atoms with E-state index in [2.05, 4.69) is 22.5 Å². The van der Waals surface area contributed by atoms with Gasteiger partial charge in [-0.3, -0.25) is 14.5 Å². The second kappa shape index (κ2) is 7.79. The Hall–Kier alpha value is -2.08. The van der Waals surface area contributed by atoms with Crippen molar-refractivity contribution in [1.29, 1.82) is 0 Å². The molecule has 120 valence electrons. The van der Waals surface area contributed by atoms with Crippen molar-refractivity contribution in [3.8, 4) is 5.75 Å². The average molecular weight is 305 g/mol. The second-order valence-corrected chi connectivity index (χ2v) is 5.29. The predicted octanol–water partition coefficient (Wildman–Crippen LogP) is 1.23. The summed E-state index contributed by atoms with van der Waals surface area (Å²) >= 11 is 0. The summed E-state index contributed by atoms with van der Waals surface area (Å²) in [6.07, 6.45) is 2.20. The van der Waals surface area contributed by atoms with Crippen molar-refractivity contribution >= 4 is 17.5 Å². The third-order valence-electron chi connectivity index (χ3n) is 3.96. The Balaban J connectivity index is 1.86. The first kappa shape index (κ1) is 16.3. The van der Waals surface area contributed by atoms with Gasteiger partial charge in [-0.1, -0.05) is 19.1 Å². The second-order valence-electron chi connectivity index (χ2n) is 5.29. The van der Waals surface area contributed by atoms with Crippen molar-refractivity contribution in [1.82, 2.24) is 10.2 Å². The van der Waals surface area contributed by atoms with E-state index in [1.54, 1.807) is 24.3 Å². The van der Waals surface area contributed by atoms with Gasteiger partial charge in [0.15, 0.2) is 0 Å². The van der Waals surface area contributed by atoms with Crippen LogP contribution in [0.1, 0.15) is 19.8 Å². The lowest BCUT2D eigenvalue weighted by molar-refractivity contribution is -0.136. The first-order valence-electron chi connectivity index (χ1n) is 7.62. The number of likely N-dealkylation sites (tertiary alicyclic amines) is 1. The van der Waals surface area contributed by atoms with Crippen LogP contribution in [0.4, 0.5) is 5.69 Å². The molecule has 0 saturated carbocycles. The molecule has 2 rings (SSSR count). The van der Waals surface area contributed by atoms with Crippen LogP contribution >= 0.6 is 0 Å². The maximum atomic E-state index is 11.9. The number of carbonyl (C=O) groups is 2. The molecule has 0 radical (unpaired) electrons. The molecule has 0 spiro atoms. The summed E-state index contributed by atoms with van der Waals surface area (Å²) in [4.78, 5) is 26.2. The molecule has 6 nitrogen and oxygen atoms in total. The lowest BCUT2D eigenvalue weighted by Crippen LogP contribution is -2.43. The lowest BCUT2D eigenvalue weighted by Gasteiger charge is -2.22. The van der Waals surface area contributed by atoms with Crippen LogP contribution in [0.25, 0.3) is 0 Å². The van der Waals surface area contributed by atoms with Gasteiger partial charge in [-0.05, 0) is 38.1 Å². The highest BCUT2D eigenvalue weighted by Crippen LogP contribution is 2.22. The van der Waals surface area contributed by atoms with Crippen molar-refractivity contribution in [3.05, 3.63) is 24.3 Å². The highest BCUT2D eigenvalue weighted by molar-refractivity contribution is 6.39. The van der Waals surface area contributed by atoms with Gasteiger partial charge in [0, 0.05) is 12.6 Å². The molecule has 1 aromatic carbocycles. The van der Waals surface area contributed by atoms with Gasteiger partial charge in [0.25, 0.3) is 0 Å². The maximum Gasteiger partial charge on any atom is 0.313 e. The summed E-state index contributed by atoms with van der Waals surface area (Å²) < 4.78 is 5.14. The number of hydrogen-bond acceptors (Lipinski definition) is 4. The molecule has 0 aromatic heterocycles. The van der Waals surface area contributed by atoms with Gasteiger partial charge in [0.2, 0.25) is 0 Å². The molecule has 2 N–H and O–H groups in total. The molecular formula is C16H23N3O3. The Labute approximate surface area is 130 Å². The van der Waals surface area contributed by atoms with Crippen LogP contribution in [-0.4, -0.2) is 49.5 Å². The number of likely N-dealkylation sites (N-methyl/N-ethyl adjacent to an activating group) is 1. The van der Waals surface area contributed by atoms with Gasteiger partial charge < -0.3 is 15.4 Å². The number of carbonyl (C=O) groups excluding carboxylic acids is 2. The van der Waals surface area contributed by atoms with E-state index in [1.165, 1.54) is 7.11 Å². The molecule has 0 aliphatic carbocycles. The third kappa shape index (κ3) is 3.98. The molecule has 2 amide bonds. The quantitative estimate of drug-likeness (QED) is 0.803. The Kier molecular flexibility index (Phi) is 5.77. The van der Waals surface area contributed by atoms with Crippen molar-refractivity contribution in [2.45, 2.75) is 25.8 Å². The highest BCUT2D eigenvalue weighted by atomic mass is 16.5. The number of rotatable bonds is 5. The van der Waals surface area contributed by atoms with Crippen LogP contribution < -0.4 is 15.4 Å². The van der Waals surface area contributed by atoms with Gasteiger partial charge in [-0.2, -0.15) is 0 Å². The van der Waals surface area contributed by atoms with Gasteiger partial charge >= 0.3 is 11.8 Å². The normalized spacial score (nSPS) is 18.0. The van der Waals surface area contributed by atoms with E-state index in [0.29, 0.717) is 24.0 Å². The fourth-order valence-corrected chi connectivity index (χ4v) is 2.76. The molecule has 0 bridgehead atoms. The fourth-order valence-electron chi connectivity index (χ4n) is 2.76. The molecule has 22 heavy (non-hydrogen) atoms. The number of hydrogen-bond donors (Lipinski definition) is 2. The van der Waals surface area contributed by atoms with E-state index in [4.69, 9.17) is 4.74 Å². The van der Waals surface area contributed by atoms with Gasteiger partial charge in [-0.15, -0.1) is 0 Å². The molecular weight excluding hydrogens is 282 g/mol. The van der Waals surface area contributed by atoms with Gasteiger partial charge in [0.05, 0.1) is 12.8 Å². The molecule has 1 saturated heterocycles. The molecule has 1 fully saturated rings. The molecule has 1 aliphatic rings. The predicted molar refractivity (Wildman–Crippen MR) is 84.9 cm³/mol. The van der Waals surface area contributed by atoms with Crippen LogP contribution in [-0.2, 0) is 9.59 Å². The SMILES string of the molecule is CCN1CCC[C@H]1CNC(=O)C(=O)Nc1ccccc1OC. The number of nitrogens with one attached hydrogen (secondary N) is 2. The van der Waals surface area contributed by atoms with Crippen LogP contribution in [0.15, 0.2) is 24.3 Å². The van der Waals surface area contributed by atoms with E-state index in [1.807, 2.05) is 0 Å². The first-order chi connectivity index (χ1) is 10.7. The van der Waals surface area contributed by atoms with E-state index < -0.39 is 11.8 Å². The van der Waals surface area contributed by atoms with Crippen LogP contribution in [0.5, 0.6) is 5.75 Å². The zero-order valence-corrected chi connectivity index (χ0v) is 13.1. The van der Waals surface area contributed by atoms with Crippen LogP contribution in [0.3, 0.4) is 0 Å². The van der Waals surface area contributed by atoms with Crippen molar-refractivity contribution in [3.63, 3.8) is 0 Å². The Bertz CT molecular complexity index is 533. The van der Waals surface area contributed by atoms with Crippen molar-refractivity contribution in [2.75, 3.05) is 32.1 Å². The van der Waals surface area contributed by atoms with Crippen molar-refractivity contribution in [2.24, 2.45) is 0 Å². The minimum atomic E-state index is -0.675. The Morgan fingerprint density at radius 2 is 2.09 bits per heavy atom. The molecule has 6 heteroatoms. The van der Waals surface area contributed by atoms with Gasteiger partial charge in [0.1, 0.15) is 5.75 Å². The summed E-state index contributed by atoms with van der Waals surface area (Å²) in [6, 6.07) is 7.32. The summed E-state index contributed by atoms with van der Waals surface area (Å²) in [6.45, 7) is 4.64. The van der Waals surface area contributed by atoms with E-state index in [-0.39, 0.29) is 0 Å². The maximum absolute atomic E-state index is 11.9. The standard InChI is InChI=1S/C16H23N3O3/c1-3-19-10-6-7-12(19)11-17-15(20)16(21)18-13-8-4-5-9-14(13)22-2/h4-5,8-9,12H,3,6-7,10-11H2,1-2H3,(H,17,20)(H,18,21)/t12-/m0/s1. The fraction of sp³-hybridized carbons (Fsp3) is 0.500. The molecule has 1 aromatic rings. The summed E-state index contributed by atoms with van der Waals surface area (Å²) in [7, 11) is 1.52. The smallest absolute Gasteiger partial charge is 0.313 e. The number of ether oxygens (including phenoxy) is 1. The Morgan fingerprint density at radius 3 is 2.82 bits per heavy atom. The highest BCUT2D eigenvalue weighted by Gasteiger charge is 2.24. The number of methoxy groups -OCH3 is 1. The molecule has 0 unspecified atom stereocenters. The minimum absolute atomic E-state index is 0.327. The number of nitrogens with zero attached hydrogens (tertiary/aromatic N) is 1. The monoisotopic (exact) mass is 305 g/mol. The average Bonchev–Trinajstić information content (AvgIpc) is 3.00. The first-order valence-corrected chi connectivity index (χ1v) is 7.62. The topological polar surface area (TPSA) is 70.7 Å². The molecule has 1 heterocycles. The van der Waals surface area contributed by atoms with E-state index in [9.17, 15) is 9.59 Å². The minimum Gasteiger partial charge on any atom is -0.495 e.